The molecule has 0 radical (unpaired) electrons. The average molecular weight is 184 g/mol. The molecule has 1 atom stereocenters. The Hall–Kier alpha value is -0.0800. The summed E-state index contributed by atoms with van der Waals surface area (Å²) in [6.07, 6.45) is 6.63. The molecule has 0 spiro atoms. The first-order valence-corrected chi connectivity index (χ1v) is 5.79. The SMILES string of the molecule is CCCCN(C(CC)CN)C1CC1. The number of rotatable bonds is 7. The van der Waals surface area contributed by atoms with Crippen LogP contribution in [0.3, 0.4) is 0 Å². The van der Waals surface area contributed by atoms with Crippen molar-refractivity contribution in [1.82, 2.24) is 4.90 Å². The minimum Gasteiger partial charge on any atom is -0.329 e. The van der Waals surface area contributed by atoms with E-state index in [1.807, 2.05) is 0 Å². The summed E-state index contributed by atoms with van der Waals surface area (Å²) in [4.78, 5) is 2.64. The molecule has 1 aliphatic rings. The molecule has 0 aromatic carbocycles. The van der Waals surface area contributed by atoms with Crippen molar-refractivity contribution in [1.29, 1.82) is 0 Å². The molecule has 0 heterocycles. The molecule has 1 rings (SSSR count). The Morgan fingerprint density at radius 2 is 2.08 bits per heavy atom. The molecule has 2 heteroatoms. The van der Waals surface area contributed by atoms with Crippen LogP contribution >= 0.6 is 0 Å². The maximum absolute atomic E-state index is 5.78. The van der Waals surface area contributed by atoms with E-state index in [4.69, 9.17) is 5.73 Å². The molecule has 0 aliphatic heterocycles. The van der Waals surface area contributed by atoms with E-state index in [0.29, 0.717) is 6.04 Å². The van der Waals surface area contributed by atoms with E-state index in [2.05, 4.69) is 18.7 Å². The van der Waals surface area contributed by atoms with Crippen LogP contribution in [0.1, 0.15) is 46.0 Å². The van der Waals surface area contributed by atoms with E-state index < -0.39 is 0 Å². The second-order valence-electron chi connectivity index (χ2n) is 4.12. The third-order valence-electron chi connectivity index (χ3n) is 3.00. The summed E-state index contributed by atoms with van der Waals surface area (Å²) in [6, 6.07) is 1.51. The lowest BCUT2D eigenvalue weighted by Crippen LogP contribution is -2.42. The lowest BCUT2D eigenvalue weighted by molar-refractivity contribution is 0.182. The molecule has 0 aromatic heterocycles. The average Bonchev–Trinajstić information content (AvgIpc) is 2.95. The second-order valence-corrected chi connectivity index (χ2v) is 4.12. The van der Waals surface area contributed by atoms with Gasteiger partial charge in [0.1, 0.15) is 0 Å². The molecule has 0 amide bonds. The molecule has 1 unspecified atom stereocenters. The number of nitrogens with zero attached hydrogens (tertiary/aromatic N) is 1. The Balaban J connectivity index is 2.34. The predicted molar refractivity (Wildman–Crippen MR) is 57.8 cm³/mol. The van der Waals surface area contributed by atoms with Crippen molar-refractivity contribution in [3.8, 4) is 0 Å². The van der Waals surface area contributed by atoms with Crippen LogP contribution in [0.25, 0.3) is 0 Å². The van der Waals surface area contributed by atoms with Gasteiger partial charge in [-0.3, -0.25) is 4.90 Å². The normalized spacial score (nSPS) is 19.4. The van der Waals surface area contributed by atoms with Crippen LogP contribution in [-0.4, -0.2) is 30.1 Å². The van der Waals surface area contributed by atoms with Crippen LogP contribution in [0.5, 0.6) is 0 Å². The number of hydrogen-bond donors (Lipinski definition) is 1. The van der Waals surface area contributed by atoms with Crippen molar-refractivity contribution in [2.45, 2.75) is 58.0 Å². The first kappa shape index (κ1) is 11.0. The van der Waals surface area contributed by atoms with Crippen molar-refractivity contribution in [3.05, 3.63) is 0 Å². The highest BCUT2D eigenvalue weighted by atomic mass is 15.2. The molecule has 2 N–H and O–H groups in total. The highest BCUT2D eigenvalue weighted by Gasteiger charge is 2.31. The van der Waals surface area contributed by atoms with Crippen LogP contribution in [0.15, 0.2) is 0 Å². The molecule has 2 nitrogen and oxygen atoms in total. The van der Waals surface area contributed by atoms with E-state index >= 15 is 0 Å². The van der Waals surface area contributed by atoms with Gasteiger partial charge in [-0.1, -0.05) is 20.3 Å². The van der Waals surface area contributed by atoms with E-state index in [1.54, 1.807) is 0 Å². The molecule has 78 valence electrons. The summed E-state index contributed by atoms with van der Waals surface area (Å²) in [5.41, 5.74) is 5.78. The topological polar surface area (TPSA) is 29.3 Å². The Bertz CT molecular complexity index is 128. The fourth-order valence-electron chi connectivity index (χ4n) is 1.95. The maximum atomic E-state index is 5.78. The molecule has 0 saturated heterocycles. The summed E-state index contributed by atoms with van der Waals surface area (Å²) in [5.74, 6) is 0. The molecular formula is C11H24N2. The number of hydrogen-bond acceptors (Lipinski definition) is 2. The lowest BCUT2D eigenvalue weighted by Gasteiger charge is -2.30. The number of nitrogens with two attached hydrogens (primary N) is 1. The quantitative estimate of drug-likeness (QED) is 0.655. The Kier molecular flexibility index (Phi) is 4.74. The highest BCUT2D eigenvalue weighted by Crippen LogP contribution is 2.29. The van der Waals surface area contributed by atoms with E-state index in [1.165, 1.54) is 38.6 Å². The van der Waals surface area contributed by atoms with Crippen molar-refractivity contribution in [3.63, 3.8) is 0 Å². The molecule has 1 aliphatic carbocycles. The van der Waals surface area contributed by atoms with Gasteiger partial charge in [-0.25, -0.2) is 0 Å². The molecule has 0 aromatic rings. The summed E-state index contributed by atoms with van der Waals surface area (Å²) in [5, 5.41) is 0. The summed E-state index contributed by atoms with van der Waals surface area (Å²) in [6.45, 7) is 6.60. The van der Waals surface area contributed by atoms with Crippen LogP contribution in [-0.2, 0) is 0 Å². The molecule has 1 fully saturated rings. The van der Waals surface area contributed by atoms with Gasteiger partial charge in [0.15, 0.2) is 0 Å². The van der Waals surface area contributed by atoms with Gasteiger partial charge in [0.05, 0.1) is 0 Å². The van der Waals surface area contributed by atoms with Gasteiger partial charge in [0.2, 0.25) is 0 Å². The molecule has 1 saturated carbocycles. The van der Waals surface area contributed by atoms with Crippen molar-refractivity contribution < 1.29 is 0 Å². The minimum atomic E-state index is 0.638. The predicted octanol–water partition coefficient (Wildman–Crippen LogP) is 1.99. The molecular weight excluding hydrogens is 160 g/mol. The van der Waals surface area contributed by atoms with E-state index in [0.717, 1.165) is 12.6 Å². The van der Waals surface area contributed by atoms with Crippen LogP contribution < -0.4 is 5.73 Å². The van der Waals surface area contributed by atoms with E-state index in [-0.39, 0.29) is 0 Å². The molecule has 0 bridgehead atoms. The van der Waals surface area contributed by atoms with Crippen molar-refractivity contribution >= 4 is 0 Å². The van der Waals surface area contributed by atoms with E-state index in [9.17, 15) is 0 Å². The maximum Gasteiger partial charge on any atom is 0.0218 e. The van der Waals surface area contributed by atoms with Gasteiger partial charge in [0.25, 0.3) is 0 Å². The minimum absolute atomic E-state index is 0.638. The third kappa shape index (κ3) is 3.28. The Morgan fingerprint density at radius 1 is 1.38 bits per heavy atom. The Labute approximate surface area is 82.5 Å². The lowest BCUT2D eigenvalue weighted by atomic mass is 10.1. The fraction of sp³-hybridized carbons (Fsp3) is 1.00. The van der Waals surface area contributed by atoms with Crippen LogP contribution in [0, 0.1) is 0 Å². The standard InChI is InChI=1S/C11H24N2/c1-3-5-8-13(11-6-7-11)10(4-2)9-12/h10-11H,3-9,12H2,1-2H3. The van der Waals surface area contributed by atoms with Gasteiger partial charge < -0.3 is 5.73 Å². The van der Waals surface area contributed by atoms with Gasteiger partial charge in [-0.05, 0) is 32.2 Å². The Morgan fingerprint density at radius 3 is 2.46 bits per heavy atom. The third-order valence-corrected chi connectivity index (χ3v) is 3.00. The van der Waals surface area contributed by atoms with Gasteiger partial charge in [-0.2, -0.15) is 0 Å². The smallest absolute Gasteiger partial charge is 0.0218 e. The van der Waals surface area contributed by atoms with Crippen molar-refractivity contribution in [2.75, 3.05) is 13.1 Å². The highest BCUT2D eigenvalue weighted by molar-refractivity contribution is 4.88. The summed E-state index contributed by atoms with van der Waals surface area (Å²) >= 11 is 0. The zero-order valence-electron chi connectivity index (χ0n) is 9.13. The molecule has 13 heavy (non-hydrogen) atoms. The van der Waals surface area contributed by atoms with Crippen LogP contribution in [0.4, 0.5) is 0 Å². The monoisotopic (exact) mass is 184 g/mol. The summed E-state index contributed by atoms with van der Waals surface area (Å²) < 4.78 is 0. The largest absolute Gasteiger partial charge is 0.329 e. The zero-order chi connectivity index (χ0) is 9.68. The van der Waals surface area contributed by atoms with Gasteiger partial charge in [-0.15, -0.1) is 0 Å². The van der Waals surface area contributed by atoms with Crippen LogP contribution in [0.2, 0.25) is 0 Å². The first-order chi connectivity index (χ1) is 6.33. The second kappa shape index (κ2) is 5.61. The zero-order valence-corrected chi connectivity index (χ0v) is 9.13. The fourth-order valence-corrected chi connectivity index (χ4v) is 1.95. The first-order valence-electron chi connectivity index (χ1n) is 5.79. The van der Waals surface area contributed by atoms with Gasteiger partial charge in [0, 0.05) is 18.6 Å². The van der Waals surface area contributed by atoms with Gasteiger partial charge >= 0.3 is 0 Å². The summed E-state index contributed by atoms with van der Waals surface area (Å²) in [7, 11) is 0. The number of unbranched alkanes of at least 4 members (excludes halogenated alkanes) is 1. The van der Waals surface area contributed by atoms with Crippen molar-refractivity contribution in [2.24, 2.45) is 5.73 Å².